The van der Waals surface area contributed by atoms with Gasteiger partial charge in [-0.3, -0.25) is 0 Å². The molecule has 0 fully saturated rings. The van der Waals surface area contributed by atoms with Gasteiger partial charge in [0.15, 0.2) is 0 Å². The molecule has 2 nitrogen and oxygen atoms in total. The maximum Gasteiger partial charge on any atom is 0.0520 e. The van der Waals surface area contributed by atoms with Gasteiger partial charge in [-0.25, -0.2) is 0 Å². The van der Waals surface area contributed by atoms with Gasteiger partial charge < -0.3 is 11.5 Å². The van der Waals surface area contributed by atoms with Gasteiger partial charge in [0.2, 0.25) is 0 Å². The number of hydrogen-bond acceptors (Lipinski definition) is 2. The fourth-order valence-electron chi connectivity index (χ4n) is 1.48. The summed E-state index contributed by atoms with van der Waals surface area (Å²) in [6, 6.07) is 0. The van der Waals surface area contributed by atoms with E-state index in [0.29, 0.717) is 0 Å². The smallest absolute Gasteiger partial charge is 0.0520 e. The van der Waals surface area contributed by atoms with Crippen LogP contribution in [0.2, 0.25) is 0 Å². The van der Waals surface area contributed by atoms with E-state index in [-0.39, 0.29) is 6.17 Å². The van der Waals surface area contributed by atoms with E-state index < -0.39 is 0 Å². The predicted molar refractivity (Wildman–Crippen MR) is 54.6 cm³/mol. The van der Waals surface area contributed by atoms with E-state index in [1.54, 1.807) is 0 Å². The molecular weight excluding hydrogens is 148 g/mol. The Kier molecular flexibility index (Phi) is 6.39. The van der Waals surface area contributed by atoms with Crippen LogP contribution in [0.5, 0.6) is 0 Å². The summed E-state index contributed by atoms with van der Waals surface area (Å²) in [5, 5.41) is 0. The summed E-state index contributed by atoms with van der Waals surface area (Å²) in [4.78, 5) is 0. The highest BCUT2D eigenvalue weighted by Crippen LogP contribution is 2.21. The highest BCUT2D eigenvalue weighted by Gasteiger charge is 2.11. The largest absolute Gasteiger partial charge is 0.316 e. The molecule has 2 atom stereocenters. The van der Waals surface area contributed by atoms with E-state index in [1.165, 1.54) is 19.3 Å². The molecule has 2 unspecified atom stereocenters. The Bertz CT molecular complexity index is 102. The number of hydrogen-bond donors (Lipinski definition) is 2. The van der Waals surface area contributed by atoms with Gasteiger partial charge in [-0.2, -0.15) is 0 Å². The molecule has 0 spiro atoms. The third-order valence-corrected chi connectivity index (χ3v) is 2.67. The van der Waals surface area contributed by atoms with Crippen molar-refractivity contribution in [2.24, 2.45) is 23.3 Å². The average molecular weight is 172 g/mol. The minimum absolute atomic E-state index is 0.124. The quantitative estimate of drug-likeness (QED) is 0.603. The average Bonchev–Trinajstić information content (AvgIpc) is 2.00. The lowest BCUT2D eigenvalue weighted by Gasteiger charge is -2.19. The van der Waals surface area contributed by atoms with Crippen LogP contribution in [0.15, 0.2) is 0 Å². The van der Waals surface area contributed by atoms with Gasteiger partial charge in [-0.05, 0) is 24.7 Å². The van der Waals surface area contributed by atoms with Crippen LogP contribution in [0, 0.1) is 11.8 Å². The van der Waals surface area contributed by atoms with Gasteiger partial charge >= 0.3 is 0 Å². The summed E-state index contributed by atoms with van der Waals surface area (Å²) < 4.78 is 0. The zero-order valence-electron chi connectivity index (χ0n) is 8.72. The van der Waals surface area contributed by atoms with Crippen LogP contribution in [0.3, 0.4) is 0 Å². The Morgan fingerprint density at radius 1 is 0.917 bits per heavy atom. The van der Waals surface area contributed by atoms with Crippen molar-refractivity contribution in [3.8, 4) is 0 Å². The first-order chi connectivity index (χ1) is 5.57. The fourth-order valence-corrected chi connectivity index (χ4v) is 1.48. The number of rotatable bonds is 6. The third-order valence-electron chi connectivity index (χ3n) is 2.67. The van der Waals surface area contributed by atoms with Crippen LogP contribution < -0.4 is 11.5 Å². The van der Waals surface area contributed by atoms with Crippen molar-refractivity contribution in [3.05, 3.63) is 0 Å². The molecule has 74 valence electrons. The first kappa shape index (κ1) is 11.9. The summed E-state index contributed by atoms with van der Waals surface area (Å²) in [5.41, 5.74) is 11.0. The second kappa shape index (κ2) is 6.44. The van der Waals surface area contributed by atoms with Gasteiger partial charge in [0.05, 0.1) is 6.17 Å². The number of nitrogens with two attached hydrogens (primary N) is 2. The molecule has 0 aliphatic carbocycles. The van der Waals surface area contributed by atoms with Gasteiger partial charge in [0, 0.05) is 0 Å². The standard InChI is InChI=1S/C10H24N2/c1-4-5-8(2)9(3)6-7-10(11)12/h8-10H,4-7,11-12H2,1-3H3. The highest BCUT2D eigenvalue weighted by molar-refractivity contribution is 4.63. The molecule has 0 aromatic rings. The minimum Gasteiger partial charge on any atom is -0.316 e. The monoisotopic (exact) mass is 172 g/mol. The molecule has 0 aromatic carbocycles. The van der Waals surface area contributed by atoms with Crippen molar-refractivity contribution in [2.45, 2.75) is 52.6 Å². The van der Waals surface area contributed by atoms with Gasteiger partial charge in [0.25, 0.3) is 0 Å². The van der Waals surface area contributed by atoms with E-state index in [9.17, 15) is 0 Å². The predicted octanol–water partition coefficient (Wildman–Crippen LogP) is 2.08. The molecule has 0 rings (SSSR count). The topological polar surface area (TPSA) is 52.0 Å². The van der Waals surface area contributed by atoms with Gasteiger partial charge in [-0.1, -0.05) is 33.6 Å². The Morgan fingerprint density at radius 3 is 1.83 bits per heavy atom. The van der Waals surface area contributed by atoms with Crippen LogP contribution >= 0.6 is 0 Å². The van der Waals surface area contributed by atoms with E-state index >= 15 is 0 Å². The molecule has 0 amide bonds. The first-order valence-electron chi connectivity index (χ1n) is 5.09. The minimum atomic E-state index is -0.124. The summed E-state index contributed by atoms with van der Waals surface area (Å²) >= 11 is 0. The molecule has 2 heteroatoms. The summed E-state index contributed by atoms with van der Waals surface area (Å²) in [7, 11) is 0. The molecular formula is C10H24N2. The van der Waals surface area contributed by atoms with E-state index in [0.717, 1.165) is 18.3 Å². The van der Waals surface area contributed by atoms with E-state index in [2.05, 4.69) is 20.8 Å². The molecule has 0 saturated carbocycles. The van der Waals surface area contributed by atoms with Crippen molar-refractivity contribution >= 4 is 0 Å². The zero-order valence-corrected chi connectivity index (χ0v) is 8.72. The molecule has 0 aromatic heterocycles. The van der Waals surface area contributed by atoms with Crippen molar-refractivity contribution in [2.75, 3.05) is 0 Å². The Morgan fingerprint density at radius 2 is 1.42 bits per heavy atom. The van der Waals surface area contributed by atoms with Crippen molar-refractivity contribution < 1.29 is 0 Å². The van der Waals surface area contributed by atoms with Gasteiger partial charge in [0.1, 0.15) is 0 Å². The lowest BCUT2D eigenvalue weighted by Crippen LogP contribution is -2.31. The summed E-state index contributed by atoms with van der Waals surface area (Å²) in [6.45, 7) is 6.84. The van der Waals surface area contributed by atoms with Crippen molar-refractivity contribution in [1.82, 2.24) is 0 Å². The van der Waals surface area contributed by atoms with Crippen molar-refractivity contribution in [3.63, 3.8) is 0 Å². The maximum atomic E-state index is 5.49. The van der Waals surface area contributed by atoms with E-state index in [4.69, 9.17) is 11.5 Å². The fraction of sp³-hybridized carbons (Fsp3) is 1.00. The maximum absolute atomic E-state index is 5.49. The third kappa shape index (κ3) is 5.56. The summed E-state index contributed by atoms with van der Waals surface area (Å²) in [5.74, 6) is 1.58. The molecule has 12 heavy (non-hydrogen) atoms. The lowest BCUT2D eigenvalue weighted by molar-refractivity contribution is 0.326. The Labute approximate surface area is 76.7 Å². The molecule has 4 N–H and O–H groups in total. The second-order valence-electron chi connectivity index (χ2n) is 3.98. The van der Waals surface area contributed by atoms with Crippen LogP contribution in [-0.2, 0) is 0 Å². The highest BCUT2D eigenvalue weighted by atomic mass is 14.8. The Balaban J connectivity index is 3.49. The van der Waals surface area contributed by atoms with Crippen LogP contribution in [0.25, 0.3) is 0 Å². The Hall–Kier alpha value is -0.0800. The first-order valence-corrected chi connectivity index (χ1v) is 5.09. The molecule has 0 bridgehead atoms. The zero-order chi connectivity index (χ0) is 9.56. The van der Waals surface area contributed by atoms with Crippen molar-refractivity contribution in [1.29, 1.82) is 0 Å². The van der Waals surface area contributed by atoms with E-state index in [1.807, 2.05) is 0 Å². The van der Waals surface area contributed by atoms with Crippen LogP contribution in [-0.4, -0.2) is 6.17 Å². The lowest BCUT2D eigenvalue weighted by atomic mass is 9.88. The molecule has 0 aliphatic heterocycles. The van der Waals surface area contributed by atoms with Crippen LogP contribution in [0.4, 0.5) is 0 Å². The summed E-state index contributed by atoms with van der Waals surface area (Å²) in [6.07, 6.45) is 4.59. The molecule has 0 aliphatic rings. The van der Waals surface area contributed by atoms with Crippen LogP contribution in [0.1, 0.15) is 46.5 Å². The SMILES string of the molecule is CCCC(C)C(C)CCC(N)N. The molecule has 0 saturated heterocycles. The van der Waals surface area contributed by atoms with Gasteiger partial charge in [-0.15, -0.1) is 0 Å². The second-order valence-corrected chi connectivity index (χ2v) is 3.98. The molecule has 0 heterocycles. The molecule has 0 radical (unpaired) electrons. The normalized spacial score (nSPS) is 16.5.